The van der Waals surface area contributed by atoms with E-state index < -0.39 is 0 Å². The molecule has 0 N–H and O–H groups in total. The summed E-state index contributed by atoms with van der Waals surface area (Å²) in [5, 5.41) is 0. The maximum absolute atomic E-state index is 12.6. The maximum Gasteiger partial charge on any atom is 0.0894 e. The number of hydrogen-bond donors (Lipinski definition) is 0. The van der Waals surface area contributed by atoms with E-state index in [9.17, 15) is 4.39 Å². The lowest BCUT2D eigenvalue weighted by molar-refractivity contribution is -0.0479. The third-order valence-corrected chi connectivity index (χ3v) is 10.6. The Morgan fingerprint density at radius 3 is 2.54 bits per heavy atom. The molecule has 9 atom stereocenters. The standard InChI is InChI=1S/C25H43F/c1-5-17(2)21-10-11-22-20-9-8-19-15-18(7-6-14-26)12-13-24(19,3)23(20)16-25(21,22)4/h17-23H,5-16H2,1-4H3. The van der Waals surface area contributed by atoms with Crippen LogP contribution in [0.5, 0.6) is 0 Å². The van der Waals surface area contributed by atoms with E-state index in [1.165, 1.54) is 57.8 Å². The highest BCUT2D eigenvalue weighted by molar-refractivity contribution is 5.12. The topological polar surface area (TPSA) is 0 Å². The van der Waals surface area contributed by atoms with Crippen LogP contribution in [-0.2, 0) is 0 Å². The minimum absolute atomic E-state index is 0.111. The zero-order chi connectivity index (χ0) is 18.5. The molecule has 4 aliphatic rings. The van der Waals surface area contributed by atoms with Crippen molar-refractivity contribution in [3.63, 3.8) is 0 Å². The Bertz CT molecular complexity index is 500. The molecule has 0 bridgehead atoms. The molecule has 1 heteroatoms. The lowest BCUT2D eigenvalue weighted by Crippen LogP contribution is -2.46. The smallest absolute Gasteiger partial charge is 0.0894 e. The molecule has 0 aromatic heterocycles. The van der Waals surface area contributed by atoms with E-state index in [0.29, 0.717) is 10.8 Å². The van der Waals surface area contributed by atoms with E-state index in [4.69, 9.17) is 0 Å². The van der Waals surface area contributed by atoms with Crippen molar-refractivity contribution in [3.8, 4) is 0 Å². The maximum atomic E-state index is 12.6. The third kappa shape index (κ3) is 2.81. The summed E-state index contributed by atoms with van der Waals surface area (Å²) in [5.41, 5.74) is 1.23. The van der Waals surface area contributed by atoms with Crippen LogP contribution in [0.4, 0.5) is 4.39 Å². The van der Waals surface area contributed by atoms with Gasteiger partial charge in [-0.1, -0.05) is 34.1 Å². The summed E-state index contributed by atoms with van der Waals surface area (Å²) >= 11 is 0. The van der Waals surface area contributed by atoms with Gasteiger partial charge in [0.25, 0.3) is 0 Å². The van der Waals surface area contributed by atoms with E-state index in [0.717, 1.165) is 54.3 Å². The first-order valence-corrected chi connectivity index (χ1v) is 12.0. The zero-order valence-electron chi connectivity index (χ0n) is 17.9. The Morgan fingerprint density at radius 2 is 1.81 bits per heavy atom. The second-order valence-electron chi connectivity index (χ2n) is 11.4. The Hall–Kier alpha value is -0.0700. The van der Waals surface area contributed by atoms with E-state index in [1.54, 1.807) is 0 Å². The Kier molecular flexibility index (Phi) is 5.24. The summed E-state index contributed by atoms with van der Waals surface area (Å²) in [4.78, 5) is 0. The summed E-state index contributed by atoms with van der Waals surface area (Å²) in [6.07, 6.45) is 15.1. The average molecular weight is 363 g/mol. The van der Waals surface area contributed by atoms with E-state index >= 15 is 0 Å². The molecule has 26 heavy (non-hydrogen) atoms. The van der Waals surface area contributed by atoms with Gasteiger partial charge in [0.2, 0.25) is 0 Å². The molecule has 150 valence electrons. The first kappa shape index (κ1) is 19.3. The van der Waals surface area contributed by atoms with Crippen LogP contribution in [0.3, 0.4) is 0 Å². The second-order valence-corrected chi connectivity index (χ2v) is 11.4. The van der Waals surface area contributed by atoms with Gasteiger partial charge in [-0.3, -0.25) is 4.39 Å². The average Bonchev–Trinajstić information content (AvgIpc) is 3.11. The lowest BCUT2D eigenvalue weighted by atomic mass is 9.51. The van der Waals surface area contributed by atoms with Crippen molar-refractivity contribution in [2.24, 2.45) is 52.3 Å². The van der Waals surface area contributed by atoms with Crippen LogP contribution in [0, 0.1) is 52.3 Å². The molecule has 0 saturated heterocycles. The monoisotopic (exact) mass is 362 g/mol. The largest absolute Gasteiger partial charge is 0.251 e. The number of hydrogen-bond acceptors (Lipinski definition) is 0. The summed E-state index contributed by atoms with van der Waals surface area (Å²) < 4.78 is 12.6. The second kappa shape index (κ2) is 7.07. The van der Waals surface area contributed by atoms with Gasteiger partial charge < -0.3 is 0 Å². The molecule has 4 aliphatic carbocycles. The number of halogens is 1. The first-order valence-electron chi connectivity index (χ1n) is 12.0. The molecule has 0 aromatic carbocycles. The van der Waals surface area contributed by atoms with Crippen molar-refractivity contribution >= 4 is 0 Å². The highest BCUT2D eigenvalue weighted by Crippen LogP contribution is 2.71. The van der Waals surface area contributed by atoms with Gasteiger partial charge in [-0.15, -0.1) is 0 Å². The Morgan fingerprint density at radius 1 is 1.00 bits per heavy atom. The van der Waals surface area contributed by atoms with Crippen LogP contribution in [0.25, 0.3) is 0 Å². The quantitative estimate of drug-likeness (QED) is 0.470. The van der Waals surface area contributed by atoms with Gasteiger partial charge in [0.15, 0.2) is 0 Å². The van der Waals surface area contributed by atoms with Gasteiger partial charge in [-0.05, 0) is 116 Å². The minimum atomic E-state index is -0.111. The fourth-order valence-electron chi connectivity index (χ4n) is 9.01. The summed E-state index contributed by atoms with van der Waals surface area (Å²) in [6, 6.07) is 0. The molecule has 4 fully saturated rings. The SMILES string of the molecule is CCC(C)C1CCC2C3CCC4CC(CCCF)CCC4(C)C3CC12C. The van der Waals surface area contributed by atoms with Gasteiger partial charge in [0.05, 0.1) is 6.67 Å². The van der Waals surface area contributed by atoms with Crippen LogP contribution in [0.15, 0.2) is 0 Å². The Labute approximate surface area is 162 Å². The highest BCUT2D eigenvalue weighted by atomic mass is 19.1. The highest BCUT2D eigenvalue weighted by Gasteiger charge is 2.63. The predicted molar refractivity (Wildman–Crippen MR) is 109 cm³/mol. The van der Waals surface area contributed by atoms with Crippen molar-refractivity contribution in [2.45, 2.75) is 98.3 Å². The van der Waals surface area contributed by atoms with Crippen LogP contribution in [0.2, 0.25) is 0 Å². The molecule has 0 radical (unpaired) electrons. The molecule has 0 nitrogen and oxygen atoms in total. The van der Waals surface area contributed by atoms with Gasteiger partial charge in [-0.2, -0.15) is 0 Å². The molecular weight excluding hydrogens is 319 g/mol. The van der Waals surface area contributed by atoms with Crippen LogP contribution in [0.1, 0.15) is 98.3 Å². The van der Waals surface area contributed by atoms with E-state index in [-0.39, 0.29) is 6.67 Å². The fourth-order valence-corrected chi connectivity index (χ4v) is 9.01. The molecule has 0 heterocycles. The number of rotatable bonds is 5. The van der Waals surface area contributed by atoms with Crippen molar-refractivity contribution in [2.75, 3.05) is 6.67 Å². The summed E-state index contributed by atoms with van der Waals surface area (Å²) in [5.74, 6) is 6.68. The molecule has 0 spiro atoms. The van der Waals surface area contributed by atoms with Crippen molar-refractivity contribution in [1.29, 1.82) is 0 Å². The van der Waals surface area contributed by atoms with Crippen molar-refractivity contribution in [3.05, 3.63) is 0 Å². The molecule has 9 unspecified atom stereocenters. The van der Waals surface area contributed by atoms with Crippen LogP contribution in [-0.4, -0.2) is 6.67 Å². The summed E-state index contributed by atoms with van der Waals surface area (Å²) in [7, 11) is 0. The Balaban J connectivity index is 1.52. The van der Waals surface area contributed by atoms with Crippen molar-refractivity contribution in [1.82, 2.24) is 0 Å². The van der Waals surface area contributed by atoms with Gasteiger partial charge in [0, 0.05) is 0 Å². The molecule has 4 saturated carbocycles. The van der Waals surface area contributed by atoms with Gasteiger partial charge >= 0.3 is 0 Å². The molecule has 0 amide bonds. The van der Waals surface area contributed by atoms with E-state index in [1.807, 2.05) is 0 Å². The number of alkyl halides is 1. The molecular formula is C25H43F. The van der Waals surface area contributed by atoms with Gasteiger partial charge in [-0.25, -0.2) is 0 Å². The zero-order valence-corrected chi connectivity index (χ0v) is 17.9. The molecule has 0 aliphatic heterocycles. The lowest BCUT2D eigenvalue weighted by Gasteiger charge is -2.54. The van der Waals surface area contributed by atoms with Gasteiger partial charge in [0.1, 0.15) is 0 Å². The number of fused-ring (bicyclic) bond motifs is 5. The van der Waals surface area contributed by atoms with Crippen LogP contribution >= 0.6 is 0 Å². The predicted octanol–water partition coefficient (Wildman–Crippen LogP) is 7.67. The minimum Gasteiger partial charge on any atom is -0.251 e. The fraction of sp³-hybridized carbons (Fsp3) is 1.00. The molecule has 4 rings (SSSR count). The molecule has 0 aromatic rings. The van der Waals surface area contributed by atoms with Crippen LogP contribution < -0.4 is 0 Å². The van der Waals surface area contributed by atoms with Crippen molar-refractivity contribution < 1.29 is 4.39 Å². The normalized spacial score (nSPS) is 51.6. The first-order chi connectivity index (χ1) is 12.4. The summed E-state index contributed by atoms with van der Waals surface area (Å²) in [6.45, 7) is 10.2. The van der Waals surface area contributed by atoms with E-state index in [2.05, 4.69) is 27.7 Å². The third-order valence-electron chi connectivity index (χ3n) is 10.6.